The topological polar surface area (TPSA) is 73.2 Å². The first kappa shape index (κ1) is 22.9. The SMILES string of the molecule is CCc1nn(-c2ccc(C)cc2)c(OC(C)=O)c1-c1ccc(NC(=O)c2ccc(F)cc2)cc1. The summed E-state index contributed by atoms with van der Waals surface area (Å²) >= 11 is 0. The molecule has 3 aromatic carbocycles. The molecule has 0 saturated heterocycles. The maximum Gasteiger partial charge on any atom is 0.309 e. The summed E-state index contributed by atoms with van der Waals surface area (Å²) in [6, 6.07) is 20.3. The van der Waals surface area contributed by atoms with Gasteiger partial charge in [0.1, 0.15) is 5.82 Å². The first-order chi connectivity index (χ1) is 16.4. The normalized spacial score (nSPS) is 10.7. The molecule has 0 atom stereocenters. The number of aryl methyl sites for hydroxylation is 2. The molecule has 6 nitrogen and oxygen atoms in total. The number of carbonyl (C=O) groups is 2. The Morgan fingerprint density at radius 1 is 0.971 bits per heavy atom. The average molecular weight is 458 g/mol. The summed E-state index contributed by atoms with van der Waals surface area (Å²) in [7, 11) is 0. The van der Waals surface area contributed by atoms with Crippen molar-refractivity contribution in [3.05, 3.63) is 95.4 Å². The van der Waals surface area contributed by atoms with Crippen molar-refractivity contribution in [2.75, 3.05) is 5.32 Å². The van der Waals surface area contributed by atoms with E-state index in [0.717, 1.165) is 28.1 Å². The van der Waals surface area contributed by atoms with E-state index in [-0.39, 0.29) is 5.91 Å². The van der Waals surface area contributed by atoms with Crippen LogP contribution in [-0.2, 0) is 11.2 Å². The summed E-state index contributed by atoms with van der Waals surface area (Å²) in [6.07, 6.45) is 0.630. The maximum absolute atomic E-state index is 13.1. The number of hydrogen-bond donors (Lipinski definition) is 1. The Morgan fingerprint density at radius 3 is 2.21 bits per heavy atom. The zero-order chi connectivity index (χ0) is 24.2. The fraction of sp³-hybridized carbons (Fsp3) is 0.148. The number of halogens is 1. The highest BCUT2D eigenvalue weighted by molar-refractivity contribution is 6.04. The van der Waals surface area contributed by atoms with Crippen molar-refractivity contribution in [2.45, 2.75) is 27.2 Å². The van der Waals surface area contributed by atoms with Crippen molar-refractivity contribution in [3.8, 4) is 22.7 Å². The molecule has 0 bridgehead atoms. The van der Waals surface area contributed by atoms with Crippen LogP contribution in [0.15, 0.2) is 72.8 Å². The average Bonchev–Trinajstić information content (AvgIpc) is 3.18. The molecule has 1 aromatic heterocycles. The van der Waals surface area contributed by atoms with Gasteiger partial charge in [0.05, 0.1) is 16.9 Å². The zero-order valence-corrected chi connectivity index (χ0v) is 19.1. The molecule has 1 heterocycles. The number of aromatic nitrogens is 2. The second-order valence-corrected chi connectivity index (χ2v) is 7.86. The van der Waals surface area contributed by atoms with Gasteiger partial charge in [0.15, 0.2) is 0 Å². The number of rotatable bonds is 6. The number of amides is 1. The van der Waals surface area contributed by atoms with Crippen molar-refractivity contribution in [1.82, 2.24) is 9.78 Å². The minimum Gasteiger partial charge on any atom is -0.407 e. The molecule has 34 heavy (non-hydrogen) atoms. The molecule has 4 rings (SSSR count). The van der Waals surface area contributed by atoms with E-state index in [9.17, 15) is 14.0 Å². The number of benzene rings is 3. The lowest BCUT2D eigenvalue weighted by Crippen LogP contribution is -2.11. The number of hydrogen-bond acceptors (Lipinski definition) is 4. The number of carbonyl (C=O) groups excluding carboxylic acids is 2. The minimum atomic E-state index is -0.444. The van der Waals surface area contributed by atoms with Crippen molar-refractivity contribution in [1.29, 1.82) is 0 Å². The predicted molar refractivity (Wildman–Crippen MR) is 129 cm³/mol. The molecule has 0 unspecified atom stereocenters. The van der Waals surface area contributed by atoms with Gasteiger partial charge in [0.2, 0.25) is 5.88 Å². The number of esters is 1. The van der Waals surface area contributed by atoms with E-state index < -0.39 is 11.8 Å². The molecule has 0 saturated carbocycles. The van der Waals surface area contributed by atoms with Gasteiger partial charge >= 0.3 is 5.97 Å². The summed E-state index contributed by atoms with van der Waals surface area (Å²) in [4.78, 5) is 24.4. The highest BCUT2D eigenvalue weighted by Crippen LogP contribution is 2.36. The van der Waals surface area contributed by atoms with E-state index in [1.807, 2.05) is 50.2 Å². The van der Waals surface area contributed by atoms with Gasteiger partial charge in [-0.2, -0.15) is 9.78 Å². The van der Waals surface area contributed by atoms with Crippen LogP contribution in [0.3, 0.4) is 0 Å². The Morgan fingerprint density at radius 2 is 1.62 bits per heavy atom. The van der Waals surface area contributed by atoms with Gasteiger partial charge in [-0.15, -0.1) is 0 Å². The summed E-state index contributed by atoms with van der Waals surface area (Å²) in [5.41, 5.74) is 5.12. The van der Waals surface area contributed by atoms with Crippen molar-refractivity contribution >= 4 is 17.6 Å². The minimum absolute atomic E-state index is 0.338. The summed E-state index contributed by atoms with van der Waals surface area (Å²) in [6.45, 7) is 5.34. The highest BCUT2D eigenvalue weighted by atomic mass is 19.1. The number of anilines is 1. The molecule has 0 aliphatic carbocycles. The van der Waals surface area contributed by atoms with E-state index in [2.05, 4.69) is 5.32 Å². The second kappa shape index (κ2) is 9.70. The first-order valence-corrected chi connectivity index (χ1v) is 10.9. The lowest BCUT2D eigenvalue weighted by atomic mass is 10.0. The lowest BCUT2D eigenvalue weighted by Gasteiger charge is -2.10. The van der Waals surface area contributed by atoms with Crippen LogP contribution in [0.25, 0.3) is 16.8 Å². The van der Waals surface area contributed by atoms with Crippen molar-refractivity contribution in [2.24, 2.45) is 0 Å². The smallest absolute Gasteiger partial charge is 0.309 e. The molecule has 7 heteroatoms. The van der Waals surface area contributed by atoms with Crippen LogP contribution in [0.4, 0.5) is 10.1 Å². The van der Waals surface area contributed by atoms with E-state index in [4.69, 9.17) is 9.84 Å². The first-order valence-electron chi connectivity index (χ1n) is 10.9. The van der Waals surface area contributed by atoms with Gasteiger partial charge in [0.25, 0.3) is 5.91 Å². The van der Waals surface area contributed by atoms with Crippen LogP contribution < -0.4 is 10.1 Å². The predicted octanol–water partition coefficient (Wildman–Crippen LogP) is 5.73. The Balaban J connectivity index is 1.69. The van der Waals surface area contributed by atoms with Gasteiger partial charge in [-0.05, 0) is 67.4 Å². The van der Waals surface area contributed by atoms with Gasteiger partial charge in [-0.1, -0.05) is 36.8 Å². The van der Waals surface area contributed by atoms with Gasteiger partial charge in [-0.3, -0.25) is 9.59 Å². The van der Waals surface area contributed by atoms with Crippen LogP contribution in [0.2, 0.25) is 0 Å². The van der Waals surface area contributed by atoms with E-state index in [0.29, 0.717) is 23.6 Å². The van der Waals surface area contributed by atoms with Crippen molar-refractivity contribution in [3.63, 3.8) is 0 Å². The summed E-state index contributed by atoms with van der Waals surface area (Å²) in [5.74, 6) is -0.839. The molecule has 0 aliphatic rings. The van der Waals surface area contributed by atoms with Crippen LogP contribution >= 0.6 is 0 Å². The molecule has 0 aliphatic heterocycles. The second-order valence-electron chi connectivity index (χ2n) is 7.86. The van der Waals surface area contributed by atoms with Crippen molar-refractivity contribution < 1.29 is 18.7 Å². The number of ether oxygens (including phenoxy) is 1. The van der Waals surface area contributed by atoms with E-state index >= 15 is 0 Å². The molecule has 1 N–H and O–H groups in total. The quantitative estimate of drug-likeness (QED) is 0.376. The Bertz CT molecular complexity index is 1330. The maximum atomic E-state index is 13.1. The Labute approximate surface area is 197 Å². The van der Waals surface area contributed by atoms with Crippen LogP contribution in [-0.4, -0.2) is 21.7 Å². The van der Waals surface area contributed by atoms with Crippen LogP contribution in [0.5, 0.6) is 5.88 Å². The van der Waals surface area contributed by atoms with Gasteiger partial charge < -0.3 is 10.1 Å². The monoisotopic (exact) mass is 457 g/mol. The summed E-state index contributed by atoms with van der Waals surface area (Å²) in [5, 5.41) is 7.52. The fourth-order valence-corrected chi connectivity index (χ4v) is 3.60. The Kier molecular flexibility index (Phi) is 6.54. The molecule has 0 fully saturated rings. The molecule has 1 amide bonds. The van der Waals surface area contributed by atoms with E-state index in [1.165, 1.54) is 31.2 Å². The fourth-order valence-electron chi connectivity index (χ4n) is 3.60. The standard InChI is InChI=1S/C27H24FN3O3/c1-4-24-25(27(34-18(3)32)31(30-24)23-15-5-17(2)6-16-23)19-9-13-22(14-10-19)29-26(33)20-7-11-21(28)12-8-20/h5-16H,4H2,1-3H3,(H,29,33). The van der Waals surface area contributed by atoms with Crippen LogP contribution in [0, 0.1) is 12.7 Å². The molecule has 0 radical (unpaired) electrons. The number of nitrogens with zero attached hydrogens (tertiary/aromatic N) is 2. The zero-order valence-electron chi connectivity index (χ0n) is 19.1. The highest BCUT2D eigenvalue weighted by Gasteiger charge is 2.22. The Hall–Kier alpha value is -4.26. The van der Waals surface area contributed by atoms with Gasteiger partial charge in [-0.25, -0.2) is 4.39 Å². The molecular weight excluding hydrogens is 433 g/mol. The molecule has 0 spiro atoms. The number of nitrogens with one attached hydrogen (secondary N) is 1. The summed E-state index contributed by atoms with van der Waals surface area (Å²) < 4.78 is 20.4. The third-order valence-electron chi connectivity index (χ3n) is 5.31. The third kappa shape index (κ3) is 4.88. The molecular formula is C27H24FN3O3. The molecule has 172 valence electrons. The van der Waals surface area contributed by atoms with E-state index in [1.54, 1.807) is 16.8 Å². The third-order valence-corrected chi connectivity index (χ3v) is 5.31. The lowest BCUT2D eigenvalue weighted by molar-refractivity contribution is -0.132. The van der Waals surface area contributed by atoms with Crippen LogP contribution in [0.1, 0.15) is 35.5 Å². The largest absolute Gasteiger partial charge is 0.407 e. The molecule has 4 aromatic rings. The van der Waals surface area contributed by atoms with Gasteiger partial charge in [0, 0.05) is 18.2 Å².